The molecule has 0 unspecified atom stereocenters. The van der Waals surface area contributed by atoms with Gasteiger partial charge in [-0.05, 0) is 60.4 Å². The van der Waals surface area contributed by atoms with Gasteiger partial charge in [-0.25, -0.2) is 4.98 Å². The SMILES string of the molecule is Cc1cnc(N2CCN(CCCCN)CC2)c(Br)c1. The van der Waals surface area contributed by atoms with Crippen LogP contribution in [0.15, 0.2) is 16.7 Å². The van der Waals surface area contributed by atoms with Crippen LogP contribution < -0.4 is 10.6 Å². The van der Waals surface area contributed by atoms with Crippen LogP contribution in [0.25, 0.3) is 0 Å². The van der Waals surface area contributed by atoms with Gasteiger partial charge in [0.25, 0.3) is 0 Å². The Morgan fingerprint density at radius 1 is 1.26 bits per heavy atom. The molecule has 1 aliphatic heterocycles. The Morgan fingerprint density at radius 3 is 2.63 bits per heavy atom. The second-order valence-electron chi connectivity index (χ2n) is 5.14. The molecule has 0 aromatic carbocycles. The first-order valence-corrected chi connectivity index (χ1v) is 7.79. The van der Waals surface area contributed by atoms with Crippen molar-refractivity contribution in [3.05, 3.63) is 22.3 Å². The Bertz CT molecular complexity index is 402. The van der Waals surface area contributed by atoms with Gasteiger partial charge in [-0.2, -0.15) is 0 Å². The Kier molecular flexibility index (Phi) is 5.60. The van der Waals surface area contributed by atoms with Crippen LogP contribution in [0.3, 0.4) is 0 Å². The van der Waals surface area contributed by atoms with Gasteiger partial charge in [0.15, 0.2) is 0 Å². The molecule has 106 valence electrons. The monoisotopic (exact) mass is 326 g/mol. The molecule has 1 aromatic heterocycles. The van der Waals surface area contributed by atoms with E-state index in [1.165, 1.54) is 18.5 Å². The maximum atomic E-state index is 5.53. The molecule has 2 rings (SSSR count). The van der Waals surface area contributed by atoms with Gasteiger partial charge in [0, 0.05) is 32.4 Å². The molecular weight excluding hydrogens is 304 g/mol. The van der Waals surface area contributed by atoms with Crippen molar-refractivity contribution in [2.45, 2.75) is 19.8 Å². The third-order valence-electron chi connectivity index (χ3n) is 3.56. The quantitative estimate of drug-likeness (QED) is 0.841. The normalized spacial score (nSPS) is 16.9. The van der Waals surface area contributed by atoms with Crippen LogP contribution in [0.2, 0.25) is 0 Å². The summed E-state index contributed by atoms with van der Waals surface area (Å²) in [5.41, 5.74) is 6.72. The molecule has 0 bridgehead atoms. The number of nitrogens with zero attached hydrogens (tertiary/aromatic N) is 3. The third-order valence-corrected chi connectivity index (χ3v) is 4.14. The lowest BCUT2D eigenvalue weighted by Gasteiger charge is -2.35. The van der Waals surface area contributed by atoms with Crippen molar-refractivity contribution >= 4 is 21.7 Å². The molecule has 0 saturated carbocycles. The maximum Gasteiger partial charge on any atom is 0.142 e. The van der Waals surface area contributed by atoms with Crippen LogP contribution in [0, 0.1) is 6.92 Å². The standard InChI is InChI=1S/C14H23BrN4/c1-12-10-13(15)14(17-11-12)19-8-6-18(7-9-19)5-3-2-4-16/h10-11H,2-9,16H2,1H3. The predicted octanol–water partition coefficient (Wildman–Crippen LogP) is 2.01. The molecule has 0 aliphatic carbocycles. The molecule has 1 fully saturated rings. The van der Waals surface area contributed by atoms with Crippen molar-refractivity contribution < 1.29 is 0 Å². The zero-order valence-corrected chi connectivity index (χ0v) is 13.2. The molecule has 2 heterocycles. The van der Waals surface area contributed by atoms with Gasteiger partial charge in [-0.1, -0.05) is 0 Å². The first-order valence-electron chi connectivity index (χ1n) is 7.00. The van der Waals surface area contributed by atoms with Gasteiger partial charge >= 0.3 is 0 Å². The molecule has 1 aliphatic rings. The lowest BCUT2D eigenvalue weighted by Crippen LogP contribution is -2.47. The second-order valence-corrected chi connectivity index (χ2v) is 6.00. The van der Waals surface area contributed by atoms with Gasteiger partial charge in [-0.15, -0.1) is 0 Å². The average Bonchev–Trinajstić information content (AvgIpc) is 2.40. The number of hydrogen-bond donors (Lipinski definition) is 1. The number of pyridine rings is 1. The first kappa shape index (κ1) is 14.8. The van der Waals surface area contributed by atoms with E-state index in [0.717, 1.165) is 49.4 Å². The summed E-state index contributed by atoms with van der Waals surface area (Å²) in [7, 11) is 0. The fourth-order valence-electron chi connectivity index (χ4n) is 2.42. The van der Waals surface area contributed by atoms with Gasteiger partial charge in [0.1, 0.15) is 5.82 Å². The Labute approximate surface area is 124 Å². The van der Waals surface area contributed by atoms with Crippen LogP contribution in [0.4, 0.5) is 5.82 Å². The van der Waals surface area contributed by atoms with Crippen LogP contribution in [-0.2, 0) is 0 Å². The summed E-state index contributed by atoms with van der Waals surface area (Å²) in [5, 5.41) is 0. The number of nitrogens with two attached hydrogens (primary N) is 1. The van der Waals surface area contributed by atoms with Gasteiger partial charge in [0.05, 0.1) is 4.47 Å². The van der Waals surface area contributed by atoms with Crippen LogP contribution in [0.1, 0.15) is 18.4 Å². The van der Waals surface area contributed by atoms with E-state index >= 15 is 0 Å². The summed E-state index contributed by atoms with van der Waals surface area (Å²) in [6.07, 6.45) is 4.28. The average molecular weight is 327 g/mol. The molecule has 0 amide bonds. The molecule has 0 radical (unpaired) electrons. The number of piperazine rings is 1. The fourth-order valence-corrected chi connectivity index (χ4v) is 3.14. The molecule has 1 saturated heterocycles. The highest BCUT2D eigenvalue weighted by Crippen LogP contribution is 2.25. The Balaban J connectivity index is 1.85. The highest BCUT2D eigenvalue weighted by atomic mass is 79.9. The largest absolute Gasteiger partial charge is 0.353 e. The van der Waals surface area contributed by atoms with E-state index in [1.54, 1.807) is 0 Å². The lowest BCUT2D eigenvalue weighted by atomic mass is 10.2. The Hall–Kier alpha value is -0.650. The summed E-state index contributed by atoms with van der Waals surface area (Å²) in [6.45, 7) is 8.39. The number of anilines is 1. The molecule has 0 spiro atoms. The van der Waals surface area contributed by atoms with E-state index in [-0.39, 0.29) is 0 Å². The van der Waals surface area contributed by atoms with E-state index in [0.29, 0.717) is 0 Å². The molecule has 1 aromatic rings. The number of unbranched alkanes of at least 4 members (excludes halogenated alkanes) is 1. The number of rotatable bonds is 5. The minimum atomic E-state index is 0.806. The first-order chi connectivity index (χ1) is 9.20. The second kappa shape index (κ2) is 7.22. The fraction of sp³-hybridized carbons (Fsp3) is 0.643. The molecule has 4 nitrogen and oxygen atoms in total. The zero-order chi connectivity index (χ0) is 13.7. The summed E-state index contributed by atoms with van der Waals surface area (Å²) < 4.78 is 1.10. The minimum Gasteiger partial charge on any atom is -0.353 e. The summed E-state index contributed by atoms with van der Waals surface area (Å²) >= 11 is 3.62. The summed E-state index contributed by atoms with van der Waals surface area (Å²) in [5.74, 6) is 1.08. The molecule has 19 heavy (non-hydrogen) atoms. The van der Waals surface area contributed by atoms with Crippen LogP contribution in [0.5, 0.6) is 0 Å². The maximum absolute atomic E-state index is 5.53. The highest BCUT2D eigenvalue weighted by Gasteiger charge is 2.19. The van der Waals surface area contributed by atoms with E-state index in [2.05, 4.69) is 43.7 Å². The van der Waals surface area contributed by atoms with E-state index in [4.69, 9.17) is 5.73 Å². The predicted molar refractivity (Wildman–Crippen MR) is 83.6 cm³/mol. The number of aromatic nitrogens is 1. The van der Waals surface area contributed by atoms with E-state index < -0.39 is 0 Å². The van der Waals surface area contributed by atoms with Crippen molar-refractivity contribution in [3.63, 3.8) is 0 Å². The van der Waals surface area contributed by atoms with Crippen molar-refractivity contribution in [1.82, 2.24) is 9.88 Å². The van der Waals surface area contributed by atoms with Crippen molar-refractivity contribution in [2.75, 3.05) is 44.2 Å². The van der Waals surface area contributed by atoms with Gasteiger partial charge in [0.2, 0.25) is 0 Å². The Morgan fingerprint density at radius 2 is 2.00 bits per heavy atom. The molecule has 2 N–H and O–H groups in total. The number of hydrogen-bond acceptors (Lipinski definition) is 4. The van der Waals surface area contributed by atoms with E-state index in [9.17, 15) is 0 Å². The van der Waals surface area contributed by atoms with Crippen molar-refractivity contribution in [1.29, 1.82) is 0 Å². The molecule has 0 atom stereocenters. The van der Waals surface area contributed by atoms with Crippen LogP contribution in [-0.4, -0.2) is 49.2 Å². The molecule has 5 heteroatoms. The minimum absolute atomic E-state index is 0.806. The zero-order valence-electron chi connectivity index (χ0n) is 11.6. The van der Waals surface area contributed by atoms with Crippen molar-refractivity contribution in [2.24, 2.45) is 5.73 Å². The number of halogens is 1. The van der Waals surface area contributed by atoms with E-state index in [1.807, 2.05) is 6.20 Å². The lowest BCUT2D eigenvalue weighted by molar-refractivity contribution is 0.253. The third kappa shape index (κ3) is 4.16. The summed E-state index contributed by atoms with van der Waals surface area (Å²) in [6, 6.07) is 2.13. The number of aryl methyl sites for hydroxylation is 1. The van der Waals surface area contributed by atoms with Crippen molar-refractivity contribution in [3.8, 4) is 0 Å². The molecular formula is C14H23BrN4. The van der Waals surface area contributed by atoms with Gasteiger partial charge in [-0.3, -0.25) is 4.90 Å². The van der Waals surface area contributed by atoms with Gasteiger partial charge < -0.3 is 10.6 Å². The topological polar surface area (TPSA) is 45.4 Å². The van der Waals surface area contributed by atoms with Crippen LogP contribution >= 0.6 is 15.9 Å². The summed E-state index contributed by atoms with van der Waals surface area (Å²) in [4.78, 5) is 9.43. The highest BCUT2D eigenvalue weighted by molar-refractivity contribution is 9.10. The smallest absolute Gasteiger partial charge is 0.142 e.